The van der Waals surface area contributed by atoms with Gasteiger partial charge in [0.1, 0.15) is 0 Å². The van der Waals surface area contributed by atoms with Crippen molar-refractivity contribution in [2.75, 3.05) is 7.11 Å². The van der Waals surface area contributed by atoms with E-state index in [1.165, 1.54) is 0 Å². The number of hydrogen-bond acceptors (Lipinski definition) is 1. The molecule has 0 amide bonds. The maximum Gasteiger partial charge on any atom is 0.0540 e. The van der Waals surface area contributed by atoms with Crippen molar-refractivity contribution in [2.24, 2.45) is 5.92 Å². The summed E-state index contributed by atoms with van der Waals surface area (Å²) >= 11 is 0. The first-order valence-corrected chi connectivity index (χ1v) is 4.07. The van der Waals surface area contributed by atoms with Crippen LogP contribution in [0.2, 0.25) is 0 Å². The van der Waals surface area contributed by atoms with Crippen LogP contribution in [0.25, 0.3) is 0 Å². The second-order valence-electron chi connectivity index (χ2n) is 3.19. The van der Waals surface area contributed by atoms with Crippen LogP contribution >= 0.6 is 0 Å². The van der Waals surface area contributed by atoms with E-state index in [0.717, 1.165) is 12.3 Å². The normalized spacial score (nSPS) is 12.3. The molecule has 0 saturated carbocycles. The molecule has 0 rings (SSSR count). The molecular weight excluding hydrogens is 124 g/mol. The van der Waals surface area contributed by atoms with Crippen molar-refractivity contribution < 1.29 is 4.74 Å². The summed E-state index contributed by atoms with van der Waals surface area (Å²) in [5, 5.41) is 0. The molecule has 1 heteroatoms. The molecule has 64 valence electrons. The Kier molecular flexibility index (Phi) is 11.3. The third-order valence-corrected chi connectivity index (χ3v) is 0.977. The Morgan fingerprint density at radius 1 is 1.10 bits per heavy atom. The Labute approximate surface area is 65.8 Å². The fourth-order valence-electron chi connectivity index (χ4n) is 0.167. The van der Waals surface area contributed by atoms with Gasteiger partial charge in [-0.15, -0.1) is 0 Å². The second-order valence-corrected chi connectivity index (χ2v) is 3.19. The van der Waals surface area contributed by atoms with E-state index in [9.17, 15) is 0 Å². The van der Waals surface area contributed by atoms with Crippen molar-refractivity contribution in [3.8, 4) is 0 Å². The Morgan fingerprint density at radius 3 is 1.40 bits per heavy atom. The molecule has 0 saturated heterocycles. The molecule has 0 aliphatic carbocycles. The summed E-state index contributed by atoms with van der Waals surface area (Å²) in [4.78, 5) is 0. The third kappa shape index (κ3) is 24.6. The average molecular weight is 146 g/mol. The Bertz CT molecular complexity index is 43.9. The van der Waals surface area contributed by atoms with Crippen LogP contribution < -0.4 is 0 Å². The largest absolute Gasteiger partial charge is 0.382 e. The highest BCUT2D eigenvalue weighted by molar-refractivity contribution is 4.38. The van der Waals surface area contributed by atoms with Crippen molar-refractivity contribution in [3.63, 3.8) is 0 Å². The zero-order valence-electron chi connectivity index (χ0n) is 8.27. The molecule has 0 radical (unpaired) electrons. The highest BCUT2D eigenvalue weighted by Gasteiger charge is 1.88. The van der Waals surface area contributed by atoms with Crippen LogP contribution in [0.3, 0.4) is 0 Å². The predicted molar refractivity (Wildman–Crippen MR) is 47.3 cm³/mol. The van der Waals surface area contributed by atoms with Crippen molar-refractivity contribution in [1.82, 2.24) is 0 Å². The highest BCUT2D eigenvalue weighted by Crippen LogP contribution is 1.89. The summed E-state index contributed by atoms with van der Waals surface area (Å²) in [7, 11) is 1.73. The first-order chi connectivity index (χ1) is 4.54. The summed E-state index contributed by atoms with van der Waals surface area (Å²) in [5.74, 6) is 0.833. The predicted octanol–water partition coefficient (Wildman–Crippen LogP) is 3.09. The number of rotatable bonds is 2. The third-order valence-electron chi connectivity index (χ3n) is 0.977. The maximum absolute atomic E-state index is 4.90. The fourth-order valence-corrected chi connectivity index (χ4v) is 0.167. The van der Waals surface area contributed by atoms with Gasteiger partial charge >= 0.3 is 0 Å². The molecule has 0 bridgehead atoms. The van der Waals surface area contributed by atoms with Gasteiger partial charge in [0.2, 0.25) is 0 Å². The molecule has 0 heterocycles. The lowest BCUT2D eigenvalue weighted by Crippen LogP contribution is -2.00. The summed E-state index contributed by atoms with van der Waals surface area (Å²) in [6, 6.07) is 0. The summed E-state index contributed by atoms with van der Waals surface area (Å²) in [6.07, 6.45) is 1.54. The van der Waals surface area contributed by atoms with Gasteiger partial charge in [-0.05, 0) is 19.3 Å². The standard InChI is InChI=1S/C5H12O.C4H10/c1-4-5(2)6-3;1-4(2)3/h5H,4H2,1-3H3;4H,1-3H3. The zero-order chi connectivity index (χ0) is 8.57. The molecule has 0 aliphatic heterocycles. The van der Waals surface area contributed by atoms with Gasteiger partial charge < -0.3 is 4.74 Å². The van der Waals surface area contributed by atoms with E-state index in [0.29, 0.717) is 6.10 Å². The molecule has 0 N–H and O–H groups in total. The number of ether oxygens (including phenoxy) is 1. The minimum Gasteiger partial charge on any atom is -0.382 e. The molecular formula is C9H22O. The molecule has 1 nitrogen and oxygen atoms in total. The topological polar surface area (TPSA) is 9.23 Å². The first-order valence-electron chi connectivity index (χ1n) is 4.07. The monoisotopic (exact) mass is 146 g/mol. The van der Waals surface area contributed by atoms with Gasteiger partial charge in [-0.2, -0.15) is 0 Å². The van der Waals surface area contributed by atoms with Gasteiger partial charge in [-0.3, -0.25) is 0 Å². The average Bonchev–Trinajstić information content (AvgIpc) is 1.85. The van der Waals surface area contributed by atoms with Crippen LogP contribution in [-0.4, -0.2) is 13.2 Å². The highest BCUT2D eigenvalue weighted by atomic mass is 16.5. The molecule has 0 aromatic heterocycles. The minimum absolute atomic E-state index is 0.435. The van der Waals surface area contributed by atoms with Crippen LogP contribution in [0.5, 0.6) is 0 Å². The quantitative estimate of drug-likeness (QED) is 0.581. The minimum atomic E-state index is 0.435. The van der Waals surface area contributed by atoms with Crippen molar-refractivity contribution in [1.29, 1.82) is 0 Å². The van der Waals surface area contributed by atoms with Gasteiger partial charge in [0.25, 0.3) is 0 Å². The van der Waals surface area contributed by atoms with Crippen LogP contribution in [0.15, 0.2) is 0 Å². The summed E-state index contributed by atoms with van der Waals surface area (Å²) in [6.45, 7) is 10.7. The Balaban J connectivity index is 0. The van der Waals surface area contributed by atoms with E-state index in [2.05, 4.69) is 34.6 Å². The van der Waals surface area contributed by atoms with E-state index >= 15 is 0 Å². The zero-order valence-corrected chi connectivity index (χ0v) is 8.27. The Hall–Kier alpha value is -0.0400. The maximum atomic E-state index is 4.90. The van der Waals surface area contributed by atoms with E-state index in [1.54, 1.807) is 7.11 Å². The molecule has 10 heavy (non-hydrogen) atoms. The van der Waals surface area contributed by atoms with Crippen LogP contribution in [0, 0.1) is 5.92 Å². The van der Waals surface area contributed by atoms with Crippen molar-refractivity contribution in [2.45, 2.75) is 47.1 Å². The molecule has 0 aromatic carbocycles. The summed E-state index contributed by atoms with van der Waals surface area (Å²) < 4.78 is 4.90. The van der Waals surface area contributed by atoms with E-state index < -0.39 is 0 Å². The molecule has 0 fully saturated rings. The summed E-state index contributed by atoms with van der Waals surface area (Å²) in [5.41, 5.74) is 0. The first kappa shape index (κ1) is 12.6. The van der Waals surface area contributed by atoms with Gasteiger partial charge in [0.05, 0.1) is 6.10 Å². The fraction of sp³-hybridized carbons (Fsp3) is 1.00. The van der Waals surface area contributed by atoms with Gasteiger partial charge in [-0.25, -0.2) is 0 Å². The van der Waals surface area contributed by atoms with Crippen molar-refractivity contribution >= 4 is 0 Å². The van der Waals surface area contributed by atoms with E-state index in [4.69, 9.17) is 4.74 Å². The van der Waals surface area contributed by atoms with Crippen LogP contribution in [0.1, 0.15) is 41.0 Å². The molecule has 0 spiro atoms. The van der Waals surface area contributed by atoms with Crippen LogP contribution in [-0.2, 0) is 4.74 Å². The van der Waals surface area contributed by atoms with E-state index in [1.807, 2.05) is 0 Å². The SMILES string of the molecule is CC(C)C.CCC(C)OC. The lowest BCUT2D eigenvalue weighted by molar-refractivity contribution is 0.115. The van der Waals surface area contributed by atoms with Gasteiger partial charge in [-0.1, -0.05) is 27.7 Å². The molecule has 1 atom stereocenters. The smallest absolute Gasteiger partial charge is 0.0540 e. The molecule has 0 aliphatic rings. The Morgan fingerprint density at radius 2 is 1.40 bits per heavy atom. The van der Waals surface area contributed by atoms with Gasteiger partial charge in [0.15, 0.2) is 0 Å². The van der Waals surface area contributed by atoms with Gasteiger partial charge in [0, 0.05) is 7.11 Å². The second kappa shape index (κ2) is 8.96. The number of hydrogen-bond donors (Lipinski definition) is 0. The van der Waals surface area contributed by atoms with Crippen molar-refractivity contribution in [3.05, 3.63) is 0 Å². The molecule has 0 aromatic rings. The van der Waals surface area contributed by atoms with Crippen LogP contribution in [0.4, 0.5) is 0 Å². The lowest BCUT2D eigenvalue weighted by Gasteiger charge is -2.01. The lowest BCUT2D eigenvalue weighted by atomic mass is 10.3. The molecule has 1 unspecified atom stereocenters. The number of methoxy groups -OCH3 is 1. The van der Waals surface area contributed by atoms with E-state index in [-0.39, 0.29) is 0 Å².